The van der Waals surface area contributed by atoms with Crippen LogP contribution in [-0.4, -0.2) is 68.2 Å². The SMILES string of the molecule is CCCOCCN(CC(=O)O)C1CCS(=O)(=O)C1. The van der Waals surface area contributed by atoms with Crippen molar-refractivity contribution in [3.63, 3.8) is 0 Å². The van der Waals surface area contributed by atoms with Crippen molar-refractivity contribution in [2.45, 2.75) is 25.8 Å². The van der Waals surface area contributed by atoms with E-state index in [1.807, 2.05) is 6.92 Å². The molecule has 6 nitrogen and oxygen atoms in total. The first-order valence-corrected chi connectivity index (χ1v) is 8.00. The molecule has 106 valence electrons. The average Bonchev–Trinajstić information content (AvgIpc) is 2.63. The molecule has 0 radical (unpaired) electrons. The predicted molar refractivity (Wildman–Crippen MR) is 67.4 cm³/mol. The van der Waals surface area contributed by atoms with Gasteiger partial charge in [0.1, 0.15) is 0 Å². The van der Waals surface area contributed by atoms with Crippen LogP contribution in [0.5, 0.6) is 0 Å². The van der Waals surface area contributed by atoms with Crippen molar-refractivity contribution < 1.29 is 23.1 Å². The van der Waals surface area contributed by atoms with Gasteiger partial charge in [-0.25, -0.2) is 8.42 Å². The van der Waals surface area contributed by atoms with E-state index in [-0.39, 0.29) is 24.1 Å². The van der Waals surface area contributed by atoms with Gasteiger partial charge in [-0.15, -0.1) is 0 Å². The maximum Gasteiger partial charge on any atom is 0.317 e. The quantitative estimate of drug-likeness (QED) is 0.629. The van der Waals surface area contributed by atoms with E-state index in [0.29, 0.717) is 26.2 Å². The van der Waals surface area contributed by atoms with Crippen molar-refractivity contribution in [1.29, 1.82) is 0 Å². The van der Waals surface area contributed by atoms with Crippen LogP contribution in [0.2, 0.25) is 0 Å². The Bertz CT molecular complexity index is 368. The first-order valence-electron chi connectivity index (χ1n) is 6.18. The number of carbonyl (C=O) groups is 1. The van der Waals surface area contributed by atoms with Crippen molar-refractivity contribution >= 4 is 15.8 Å². The van der Waals surface area contributed by atoms with Gasteiger partial charge >= 0.3 is 5.97 Å². The monoisotopic (exact) mass is 279 g/mol. The number of carboxylic acid groups (broad SMARTS) is 1. The van der Waals surface area contributed by atoms with Gasteiger partial charge in [0, 0.05) is 19.2 Å². The van der Waals surface area contributed by atoms with Crippen molar-refractivity contribution in [1.82, 2.24) is 4.90 Å². The lowest BCUT2D eigenvalue weighted by Gasteiger charge is -2.25. The standard InChI is InChI=1S/C11H21NO5S/c1-2-5-17-6-4-12(8-11(13)14)10-3-7-18(15,16)9-10/h10H,2-9H2,1H3,(H,13,14). The highest BCUT2D eigenvalue weighted by atomic mass is 32.2. The molecule has 0 amide bonds. The van der Waals surface area contributed by atoms with E-state index in [4.69, 9.17) is 9.84 Å². The van der Waals surface area contributed by atoms with Crippen LogP contribution in [0.15, 0.2) is 0 Å². The molecule has 1 unspecified atom stereocenters. The summed E-state index contributed by atoms with van der Waals surface area (Å²) in [4.78, 5) is 12.5. The zero-order valence-corrected chi connectivity index (χ0v) is 11.5. The number of rotatable bonds is 8. The van der Waals surface area contributed by atoms with Crippen molar-refractivity contribution in [2.24, 2.45) is 0 Å². The van der Waals surface area contributed by atoms with E-state index in [1.54, 1.807) is 4.90 Å². The summed E-state index contributed by atoms with van der Waals surface area (Å²) in [6.45, 7) is 3.42. The summed E-state index contributed by atoms with van der Waals surface area (Å²) in [6.07, 6.45) is 1.43. The largest absolute Gasteiger partial charge is 0.480 e. The molecular weight excluding hydrogens is 258 g/mol. The fourth-order valence-corrected chi connectivity index (χ4v) is 3.82. The predicted octanol–water partition coefficient (Wildman–Crippen LogP) is -0.0133. The zero-order chi connectivity index (χ0) is 13.6. The highest BCUT2D eigenvalue weighted by Gasteiger charge is 2.32. The summed E-state index contributed by atoms with van der Waals surface area (Å²) >= 11 is 0. The molecule has 0 aromatic rings. The Morgan fingerprint density at radius 1 is 1.44 bits per heavy atom. The van der Waals surface area contributed by atoms with Gasteiger partial charge in [-0.2, -0.15) is 0 Å². The Kier molecular flexibility index (Phi) is 6.04. The van der Waals surface area contributed by atoms with Gasteiger partial charge in [-0.1, -0.05) is 6.92 Å². The third-order valence-electron chi connectivity index (χ3n) is 2.93. The van der Waals surface area contributed by atoms with Crippen LogP contribution in [0.25, 0.3) is 0 Å². The molecule has 1 fully saturated rings. The minimum atomic E-state index is -2.99. The maximum absolute atomic E-state index is 11.4. The summed E-state index contributed by atoms with van der Waals surface area (Å²) in [5, 5.41) is 8.85. The summed E-state index contributed by atoms with van der Waals surface area (Å²) < 4.78 is 28.1. The number of nitrogens with zero attached hydrogens (tertiary/aromatic N) is 1. The van der Waals surface area contributed by atoms with E-state index in [2.05, 4.69) is 0 Å². The van der Waals surface area contributed by atoms with E-state index >= 15 is 0 Å². The Morgan fingerprint density at radius 2 is 2.17 bits per heavy atom. The minimum absolute atomic E-state index is 0.0635. The van der Waals surface area contributed by atoms with Crippen LogP contribution in [0.4, 0.5) is 0 Å². The normalized spacial score (nSPS) is 22.4. The molecule has 1 aliphatic rings. The smallest absolute Gasteiger partial charge is 0.317 e. The van der Waals surface area contributed by atoms with E-state index in [9.17, 15) is 13.2 Å². The van der Waals surface area contributed by atoms with Crippen LogP contribution in [-0.2, 0) is 19.4 Å². The van der Waals surface area contributed by atoms with Crippen molar-refractivity contribution in [3.05, 3.63) is 0 Å². The summed E-state index contributed by atoms with van der Waals surface area (Å²) in [7, 11) is -2.99. The number of hydrogen-bond donors (Lipinski definition) is 1. The Hall–Kier alpha value is -0.660. The molecule has 1 N–H and O–H groups in total. The lowest BCUT2D eigenvalue weighted by Crippen LogP contribution is -2.41. The maximum atomic E-state index is 11.4. The molecule has 1 atom stereocenters. The highest BCUT2D eigenvalue weighted by Crippen LogP contribution is 2.17. The van der Waals surface area contributed by atoms with Crippen molar-refractivity contribution in [2.75, 3.05) is 37.8 Å². The number of carboxylic acids is 1. The van der Waals surface area contributed by atoms with Gasteiger partial charge in [-0.05, 0) is 12.8 Å². The van der Waals surface area contributed by atoms with Gasteiger partial charge in [0.15, 0.2) is 9.84 Å². The highest BCUT2D eigenvalue weighted by molar-refractivity contribution is 7.91. The molecule has 1 heterocycles. The van der Waals surface area contributed by atoms with E-state index in [0.717, 1.165) is 6.42 Å². The molecule has 0 saturated carbocycles. The second-order valence-corrected chi connectivity index (χ2v) is 6.76. The van der Waals surface area contributed by atoms with Crippen molar-refractivity contribution in [3.8, 4) is 0 Å². The van der Waals surface area contributed by atoms with Crippen LogP contribution in [0.3, 0.4) is 0 Å². The fraction of sp³-hybridized carbons (Fsp3) is 0.909. The number of aliphatic carboxylic acids is 1. The lowest BCUT2D eigenvalue weighted by atomic mass is 10.2. The third-order valence-corrected chi connectivity index (χ3v) is 4.68. The van der Waals surface area contributed by atoms with E-state index < -0.39 is 15.8 Å². The average molecular weight is 279 g/mol. The Labute approximate surface area is 108 Å². The Morgan fingerprint density at radius 3 is 2.67 bits per heavy atom. The van der Waals surface area contributed by atoms with Crippen LogP contribution < -0.4 is 0 Å². The van der Waals surface area contributed by atoms with Gasteiger partial charge in [-0.3, -0.25) is 9.69 Å². The van der Waals surface area contributed by atoms with Crippen LogP contribution in [0, 0.1) is 0 Å². The second-order valence-electron chi connectivity index (χ2n) is 4.53. The molecular formula is C11H21NO5S. The summed E-state index contributed by atoms with van der Waals surface area (Å²) in [5.41, 5.74) is 0. The first kappa shape index (κ1) is 15.4. The zero-order valence-electron chi connectivity index (χ0n) is 10.7. The van der Waals surface area contributed by atoms with Gasteiger partial charge in [0.2, 0.25) is 0 Å². The van der Waals surface area contributed by atoms with E-state index in [1.165, 1.54) is 0 Å². The summed E-state index contributed by atoms with van der Waals surface area (Å²) in [6, 6.07) is -0.184. The third kappa shape index (κ3) is 5.32. The first-order chi connectivity index (χ1) is 8.44. The second kappa shape index (κ2) is 7.06. The lowest BCUT2D eigenvalue weighted by molar-refractivity contribution is -0.139. The molecule has 0 spiro atoms. The van der Waals surface area contributed by atoms with Gasteiger partial charge in [0.25, 0.3) is 0 Å². The van der Waals surface area contributed by atoms with Gasteiger partial charge < -0.3 is 9.84 Å². The van der Waals surface area contributed by atoms with Crippen LogP contribution >= 0.6 is 0 Å². The molecule has 0 aliphatic carbocycles. The molecule has 7 heteroatoms. The Balaban J connectivity index is 2.48. The number of ether oxygens (including phenoxy) is 1. The topological polar surface area (TPSA) is 83.9 Å². The molecule has 1 rings (SSSR count). The minimum Gasteiger partial charge on any atom is -0.480 e. The molecule has 18 heavy (non-hydrogen) atoms. The molecule has 0 aromatic heterocycles. The molecule has 1 aliphatic heterocycles. The fourth-order valence-electron chi connectivity index (χ4n) is 2.06. The summed E-state index contributed by atoms with van der Waals surface area (Å²) in [5.74, 6) is -0.715. The number of sulfone groups is 1. The van der Waals surface area contributed by atoms with Crippen LogP contribution in [0.1, 0.15) is 19.8 Å². The molecule has 1 saturated heterocycles. The molecule has 0 aromatic carbocycles. The number of hydrogen-bond acceptors (Lipinski definition) is 5. The van der Waals surface area contributed by atoms with Gasteiger partial charge in [0.05, 0.1) is 24.7 Å². The molecule has 0 bridgehead atoms.